The molecular weight excluding hydrogens is 326 g/mol. The molecule has 0 aliphatic rings. The average Bonchev–Trinajstić information content (AvgIpc) is 3.00. The van der Waals surface area contributed by atoms with Crippen LogP contribution in [-0.2, 0) is 19.4 Å². The van der Waals surface area contributed by atoms with Crippen molar-refractivity contribution in [3.63, 3.8) is 0 Å². The molecule has 2 aromatic carbocycles. The number of nitrogens with zero attached hydrogens (tertiary/aromatic N) is 1. The predicted octanol–water partition coefficient (Wildman–Crippen LogP) is 4.37. The van der Waals surface area contributed by atoms with Gasteiger partial charge >= 0.3 is 0 Å². The van der Waals surface area contributed by atoms with Gasteiger partial charge in [0, 0.05) is 23.7 Å². The fourth-order valence-corrected chi connectivity index (χ4v) is 3.49. The van der Waals surface area contributed by atoms with Gasteiger partial charge in [-0.1, -0.05) is 37.6 Å². The van der Waals surface area contributed by atoms with E-state index in [0.29, 0.717) is 12.1 Å². The minimum absolute atomic E-state index is 0.123. The standard InChI is InChI=1S/C22H27NO3/c1-2-3-7-16-11-12-21(25)19(22(16)26)15-23-14-17(8-6-13-24)18-9-4-5-10-20(18)23/h4-5,9-12,14,24-26H,2-3,6-8,13,15H2,1H3. The third-order valence-corrected chi connectivity index (χ3v) is 4.95. The van der Waals surface area contributed by atoms with Gasteiger partial charge in [-0.15, -0.1) is 0 Å². The molecule has 138 valence electrons. The second kappa shape index (κ2) is 8.28. The predicted molar refractivity (Wildman–Crippen MR) is 105 cm³/mol. The van der Waals surface area contributed by atoms with Gasteiger partial charge in [-0.25, -0.2) is 0 Å². The molecule has 3 rings (SSSR count). The SMILES string of the molecule is CCCCc1ccc(O)c(Cn2cc(CCCO)c3ccccc32)c1O. The number of phenols is 2. The lowest BCUT2D eigenvalue weighted by atomic mass is 10.0. The van der Waals surface area contributed by atoms with Crippen LogP contribution >= 0.6 is 0 Å². The zero-order valence-corrected chi connectivity index (χ0v) is 15.3. The van der Waals surface area contributed by atoms with Crippen molar-refractivity contribution in [2.24, 2.45) is 0 Å². The number of unbranched alkanes of at least 4 members (excludes halogenated alkanes) is 1. The van der Waals surface area contributed by atoms with Crippen LogP contribution in [0.4, 0.5) is 0 Å². The van der Waals surface area contributed by atoms with Crippen LogP contribution in [0.5, 0.6) is 11.5 Å². The van der Waals surface area contributed by atoms with Crippen LogP contribution in [0, 0.1) is 0 Å². The lowest BCUT2D eigenvalue weighted by Crippen LogP contribution is -2.01. The Kier molecular flexibility index (Phi) is 5.84. The molecule has 0 amide bonds. The molecule has 0 aliphatic carbocycles. The minimum Gasteiger partial charge on any atom is -0.507 e. The Bertz CT molecular complexity index is 882. The van der Waals surface area contributed by atoms with E-state index in [4.69, 9.17) is 5.11 Å². The third-order valence-electron chi connectivity index (χ3n) is 4.95. The summed E-state index contributed by atoms with van der Waals surface area (Å²) in [5.41, 5.74) is 3.69. The van der Waals surface area contributed by atoms with E-state index < -0.39 is 0 Å². The number of aliphatic hydroxyl groups excluding tert-OH is 1. The first-order chi connectivity index (χ1) is 12.7. The minimum atomic E-state index is 0.123. The summed E-state index contributed by atoms with van der Waals surface area (Å²) in [7, 11) is 0. The van der Waals surface area contributed by atoms with Gasteiger partial charge in [-0.3, -0.25) is 0 Å². The van der Waals surface area contributed by atoms with Crippen molar-refractivity contribution in [2.45, 2.75) is 45.6 Å². The van der Waals surface area contributed by atoms with Crippen molar-refractivity contribution in [1.82, 2.24) is 4.57 Å². The maximum Gasteiger partial charge on any atom is 0.127 e. The average molecular weight is 353 g/mol. The van der Waals surface area contributed by atoms with E-state index in [-0.39, 0.29) is 18.1 Å². The highest BCUT2D eigenvalue weighted by Gasteiger charge is 2.15. The van der Waals surface area contributed by atoms with Crippen LogP contribution in [-0.4, -0.2) is 26.5 Å². The fraction of sp³-hybridized carbons (Fsp3) is 0.364. The molecule has 0 atom stereocenters. The summed E-state index contributed by atoms with van der Waals surface area (Å²) in [5.74, 6) is 0.325. The van der Waals surface area contributed by atoms with E-state index in [0.717, 1.165) is 48.6 Å². The molecular formula is C22H27NO3. The first-order valence-electron chi connectivity index (χ1n) is 9.36. The molecule has 0 bridgehead atoms. The number of para-hydroxylation sites is 1. The molecule has 3 N–H and O–H groups in total. The second-order valence-electron chi connectivity index (χ2n) is 6.80. The summed E-state index contributed by atoms with van der Waals surface area (Å²) in [6.07, 6.45) is 6.47. The van der Waals surface area contributed by atoms with Crippen LogP contribution in [0.15, 0.2) is 42.6 Å². The van der Waals surface area contributed by atoms with Crippen molar-refractivity contribution < 1.29 is 15.3 Å². The molecule has 0 spiro atoms. The van der Waals surface area contributed by atoms with Crippen LogP contribution in [0.1, 0.15) is 42.9 Å². The number of aliphatic hydroxyl groups is 1. The Labute approximate surface area is 154 Å². The van der Waals surface area contributed by atoms with Crippen molar-refractivity contribution >= 4 is 10.9 Å². The molecule has 0 unspecified atom stereocenters. The van der Waals surface area contributed by atoms with Crippen molar-refractivity contribution in [3.8, 4) is 11.5 Å². The summed E-state index contributed by atoms with van der Waals surface area (Å²) in [5, 5.41) is 31.3. The highest BCUT2D eigenvalue weighted by Crippen LogP contribution is 2.34. The van der Waals surface area contributed by atoms with Gasteiger partial charge in [-0.2, -0.15) is 0 Å². The van der Waals surface area contributed by atoms with E-state index >= 15 is 0 Å². The van der Waals surface area contributed by atoms with Gasteiger partial charge in [0.2, 0.25) is 0 Å². The number of benzene rings is 2. The summed E-state index contributed by atoms with van der Waals surface area (Å²) >= 11 is 0. The fourth-order valence-electron chi connectivity index (χ4n) is 3.49. The van der Waals surface area contributed by atoms with Gasteiger partial charge in [0.1, 0.15) is 11.5 Å². The van der Waals surface area contributed by atoms with Gasteiger partial charge in [0.05, 0.1) is 12.1 Å². The van der Waals surface area contributed by atoms with E-state index in [9.17, 15) is 10.2 Å². The maximum absolute atomic E-state index is 10.7. The van der Waals surface area contributed by atoms with Crippen LogP contribution < -0.4 is 0 Å². The number of aryl methyl sites for hydroxylation is 2. The van der Waals surface area contributed by atoms with Crippen molar-refractivity contribution in [2.75, 3.05) is 6.61 Å². The largest absolute Gasteiger partial charge is 0.507 e. The lowest BCUT2D eigenvalue weighted by Gasteiger charge is -2.13. The Morgan fingerprint density at radius 1 is 0.923 bits per heavy atom. The number of hydrogen-bond donors (Lipinski definition) is 3. The third kappa shape index (κ3) is 3.70. The Morgan fingerprint density at radius 2 is 1.69 bits per heavy atom. The highest BCUT2D eigenvalue weighted by molar-refractivity contribution is 5.84. The van der Waals surface area contributed by atoms with Crippen molar-refractivity contribution in [3.05, 3.63) is 59.3 Å². The quantitative estimate of drug-likeness (QED) is 0.563. The van der Waals surface area contributed by atoms with Gasteiger partial charge in [0.25, 0.3) is 0 Å². The Balaban J connectivity index is 1.99. The molecule has 3 aromatic rings. The zero-order chi connectivity index (χ0) is 18.5. The topological polar surface area (TPSA) is 65.6 Å². The van der Waals surface area contributed by atoms with Gasteiger partial charge < -0.3 is 19.9 Å². The van der Waals surface area contributed by atoms with E-state index in [1.165, 1.54) is 5.56 Å². The Hall–Kier alpha value is -2.46. The second-order valence-corrected chi connectivity index (χ2v) is 6.80. The molecule has 0 fully saturated rings. The molecule has 4 nitrogen and oxygen atoms in total. The van der Waals surface area contributed by atoms with Gasteiger partial charge in [0.15, 0.2) is 0 Å². The number of aromatic nitrogens is 1. The number of hydrogen-bond acceptors (Lipinski definition) is 3. The highest BCUT2D eigenvalue weighted by atomic mass is 16.3. The summed E-state index contributed by atoms with van der Waals surface area (Å²) < 4.78 is 2.07. The molecule has 0 radical (unpaired) electrons. The van der Waals surface area contributed by atoms with E-state index in [1.54, 1.807) is 6.07 Å². The maximum atomic E-state index is 10.7. The number of rotatable bonds is 8. The monoisotopic (exact) mass is 353 g/mol. The first-order valence-corrected chi connectivity index (χ1v) is 9.36. The first kappa shape index (κ1) is 18.3. The number of aromatic hydroxyl groups is 2. The Morgan fingerprint density at radius 3 is 2.46 bits per heavy atom. The number of phenolic OH excluding ortho intramolecular Hbond substituents is 2. The summed E-state index contributed by atoms with van der Waals surface area (Å²) in [4.78, 5) is 0. The van der Waals surface area contributed by atoms with Crippen molar-refractivity contribution in [1.29, 1.82) is 0 Å². The lowest BCUT2D eigenvalue weighted by molar-refractivity contribution is 0.288. The zero-order valence-electron chi connectivity index (χ0n) is 15.3. The molecule has 26 heavy (non-hydrogen) atoms. The molecule has 1 aromatic heterocycles. The normalized spacial score (nSPS) is 11.3. The summed E-state index contributed by atoms with van der Waals surface area (Å²) in [6.45, 7) is 2.70. The van der Waals surface area contributed by atoms with Crippen LogP contribution in [0.25, 0.3) is 10.9 Å². The van der Waals surface area contributed by atoms with E-state index in [2.05, 4.69) is 23.8 Å². The molecule has 0 saturated carbocycles. The molecule has 0 saturated heterocycles. The number of fused-ring (bicyclic) bond motifs is 1. The van der Waals surface area contributed by atoms with E-state index in [1.807, 2.05) is 24.3 Å². The van der Waals surface area contributed by atoms with Gasteiger partial charge in [-0.05, 0) is 48.9 Å². The van der Waals surface area contributed by atoms with Crippen LogP contribution in [0.2, 0.25) is 0 Å². The smallest absolute Gasteiger partial charge is 0.127 e. The summed E-state index contributed by atoms with van der Waals surface area (Å²) in [6, 6.07) is 11.6. The molecule has 1 heterocycles. The molecule has 0 aliphatic heterocycles. The van der Waals surface area contributed by atoms with Crippen LogP contribution in [0.3, 0.4) is 0 Å². The molecule has 4 heteroatoms.